The van der Waals surface area contributed by atoms with Gasteiger partial charge >= 0.3 is 0 Å². The fourth-order valence-electron chi connectivity index (χ4n) is 2.63. The highest BCUT2D eigenvalue weighted by Gasteiger charge is 2.12. The van der Waals surface area contributed by atoms with Gasteiger partial charge < -0.3 is 14.8 Å². The van der Waals surface area contributed by atoms with Crippen molar-refractivity contribution in [2.45, 2.75) is 27.3 Å². The molecule has 1 N–H and O–H groups in total. The van der Waals surface area contributed by atoms with Crippen LogP contribution >= 0.6 is 0 Å². The first-order chi connectivity index (χ1) is 12.0. The normalized spacial score (nSPS) is 13.1. The Balaban J connectivity index is 1.50. The van der Waals surface area contributed by atoms with Gasteiger partial charge in [-0.2, -0.15) is 5.10 Å². The zero-order chi connectivity index (χ0) is 17.8. The standard InChI is InChI=1S/C19H21N3O3/c1-13(11-22-15(3)8-14(2)21-22)10-20-19(23)7-5-16-4-6-17-18(9-16)25-12-24-17/h4,6,8-9,13H,10-12H2,1-3H3,(H,20,23). The summed E-state index contributed by atoms with van der Waals surface area (Å²) in [5, 5.41) is 7.28. The third-order valence-corrected chi connectivity index (χ3v) is 3.89. The number of benzene rings is 1. The number of fused-ring (bicyclic) bond motifs is 1. The molecule has 1 atom stereocenters. The minimum Gasteiger partial charge on any atom is -0.454 e. The lowest BCUT2D eigenvalue weighted by Gasteiger charge is -2.12. The predicted molar refractivity (Wildman–Crippen MR) is 93.3 cm³/mol. The number of amides is 1. The number of hydrogen-bond donors (Lipinski definition) is 1. The van der Waals surface area contributed by atoms with Crippen LogP contribution in [-0.4, -0.2) is 29.0 Å². The van der Waals surface area contributed by atoms with Gasteiger partial charge in [0.25, 0.3) is 5.91 Å². The molecule has 0 radical (unpaired) electrons. The Morgan fingerprint density at radius 2 is 2.12 bits per heavy atom. The lowest BCUT2D eigenvalue weighted by atomic mass is 10.2. The molecule has 0 bridgehead atoms. The molecule has 1 amide bonds. The van der Waals surface area contributed by atoms with Crippen molar-refractivity contribution in [2.24, 2.45) is 5.92 Å². The first kappa shape index (κ1) is 16.9. The minimum atomic E-state index is -0.294. The summed E-state index contributed by atoms with van der Waals surface area (Å²) in [6.45, 7) is 7.61. The van der Waals surface area contributed by atoms with E-state index in [1.165, 1.54) is 0 Å². The van der Waals surface area contributed by atoms with Gasteiger partial charge in [-0.15, -0.1) is 0 Å². The molecule has 1 aliphatic heterocycles. The molecule has 0 aliphatic carbocycles. The topological polar surface area (TPSA) is 65.4 Å². The summed E-state index contributed by atoms with van der Waals surface area (Å²) in [6.07, 6.45) is 0. The molecular formula is C19H21N3O3. The van der Waals surface area contributed by atoms with Crippen molar-refractivity contribution in [1.29, 1.82) is 0 Å². The van der Waals surface area contributed by atoms with Crippen molar-refractivity contribution in [1.82, 2.24) is 15.1 Å². The molecule has 1 aliphatic rings. The molecule has 1 aromatic heterocycles. The third kappa shape index (κ3) is 4.32. The summed E-state index contributed by atoms with van der Waals surface area (Å²) < 4.78 is 12.5. The fraction of sp³-hybridized carbons (Fsp3) is 0.368. The van der Waals surface area contributed by atoms with Crippen LogP contribution in [0.25, 0.3) is 0 Å². The lowest BCUT2D eigenvalue weighted by Crippen LogP contribution is -2.29. The molecule has 0 fully saturated rings. The number of aryl methyl sites for hydroxylation is 2. The summed E-state index contributed by atoms with van der Waals surface area (Å²) in [7, 11) is 0. The van der Waals surface area contributed by atoms with E-state index in [9.17, 15) is 4.79 Å². The van der Waals surface area contributed by atoms with Crippen molar-refractivity contribution in [2.75, 3.05) is 13.3 Å². The Labute approximate surface area is 147 Å². The summed E-state index contributed by atoms with van der Waals surface area (Å²) in [5.74, 6) is 6.78. The fourth-order valence-corrected chi connectivity index (χ4v) is 2.63. The maximum atomic E-state index is 11.9. The van der Waals surface area contributed by atoms with Crippen molar-refractivity contribution in [3.8, 4) is 23.3 Å². The molecular weight excluding hydrogens is 318 g/mol. The van der Waals surface area contributed by atoms with Gasteiger partial charge in [0.05, 0.1) is 5.69 Å². The number of nitrogens with one attached hydrogen (secondary N) is 1. The molecule has 6 heteroatoms. The van der Waals surface area contributed by atoms with Crippen molar-refractivity contribution < 1.29 is 14.3 Å². The van der Waals surface area contributed by atoms with Gasteiger partial charge in [0.15, 0.2) is 11.5 Å². The van der Waals surface area contributed by atoms with Crippen LogP contribution in [0.2, 0.25) is 0 Å². The quantitative estimate of drug-likeness (QED) is 0.866. The Morgan fingerprint density at radius 3 is 2.88 bits per heavy atom. The number of hydrogen-bond acceptors (Lipinski definition) is 4. The molecule has 6 nitrogen and oxygen atoms in total. The van der Waals surface area contributed by atoms with Crippen LogP contribution in [0.4, 0.5) is 0 Å². The molecule has 1 aromatic carbocycles. The van der Waals surface area contributed by atoms with E-state index in [2.05, 4.69) is 29.2 Å². The Hall–Kier alpha value is -2.94. The zero-order valence-corrected chi connectivity index (χ0v) is 14.6. The maximum Gasteiger partial charge on any atom is 0.296 e. The van der Waals surface area contributed by atoms with Crippen LogP contribution in [-0.2, 0) is 11.3 Å². The molecule has 3 rings (SSSR count). The van der Waals surface area contributed by atoms with Gasteiger partial charge in [-0.1, -0.05) is 12.8 Å². The van der Waals surface area contributed by atoms with Crippen LogP contribution in [0, 0.1) is 31.6 Å². The molecule has 2 aromatic rings. The Morgan fingerprint density at radius 1 is 1.32 bits per heavy atom. The number of nitrogens with zero attached hydrogens (tertiary/aromatic N) is 2. The number of carbonyl (C=O) groups excluding carboxylic acids is 1. The van der Waals surface area contributed by atoms with Gasteiger partial charge in [-0.05, 0) is 44.0 Å². The average molecular weight is 339 g/mol. The summed E-state index contributed by atoms with van der Waals surface area (Å²) in [4.78, 5) is 11.9. The summed E-state index contributed by atoms with van der Waals surface area (Å²) in [5.41, 5.74) is 2.84. The van der Waals surface area contributed by atoms with E-state index >= 15 is 0 Å². The highest BCUT2D eigenvalue weighted by molar-refractivity contribution is 5.94. The smallest absolute Gasteiger partial charge is 0.296 e. The molecule has 1 unspecified atom stereocenters. The predicted octanol–water partition coefficient (Wildman–Crippen LogP) is 2.03. The molecule has 25 heavy (non-hydrogen) atoms. The van der Waals surface area contributed by atoms with Crippen molar-refractivity contribution in [3.05, 3.63) is 41.2 Å². The van der Waals surface area contributed by atoms with Crippen LogP contribution < -0.4 is 14.8 Å². The monoisotopic (exact) mass is 339 g/mol. The second kappa shape index (κ2) is 7.31. The largest absolute Gasteiger partial charge is 0.454 e. The zero-order valence-electron chi connectivity index (χ0n) is 14.6. The van der Waals surface area contributed by atoms with Gasteiger partial charge in [0.2, 0.25) is 6.79 Å². The summed E-state index contributed by atoms with van der Waals surface area (Å²) >= 11 is 0. The molecule has 0 saturated heterocycles. The van der Waals surface area contributed by atoms with Crippen LogP contribution in [0.15, 0.2) is 24.3 Å². The second-order valence-corrected chi connectivity index (χ2v) is 6.24. The number of aromatic nitrogens is 2. The molecule has 130 valence electrons. The van der Waals surface area contributed by atoms with Gasteiger partial charge in [-0.3, -0.25) is 9.48 Å². The molecule has 2 heterocycles. The van der Waals surface area contributed by atoms with Crippen LogP contribution in [0.3, 0.4) is 0 Å². The van der Waals surface area contributed by atoms with Gasteiger partial charge in [0, 0.05) is 30.3 Å². The van der Waals surface area contributed by atoms with Crippen molar-refractivity contribution >= 4 is 5.91 Å². The van der Waals surface area contributed by atoms with E-state index in [-0.39, 0.29) is 18.6 Å². The summed E-state index contributed by atoms with van der Waals surface area (Å²) in [6, 6.07) is 7.41. The third-order valence-electron chi connectivity index (χ3n) is 3.89. The number of carbonyl (C=O) groups is 1. The van der Waals surface area contributed by atoms with Crippen LogP contribution in [0.1, 0.15) is 23.9 Å². The molecule has 0 spiro atoms. The van der Waals surface area contributed by atoms with E-state index in [4.69, 9.17) is 9.47 Å². The first-order valence-corrected chi connectivity index (χ1v) is 8.22. The number of rotatable bonds is 4. The first-order valence-electron chi connectivity index (χ1n) is 8.22. The Kier molecular flexibility index (Phi) is 4.94. The molecule has 0 saturated carbocycles. The van der Waals surface area contributed by atoms with E-state index < -0.39 is 0 Å². The minimum absolute atomic E-state index is 0.222. The van der Waals surface area contributed by atoms with Gasteiger partial charge in [0.1, 0.15) is 0 Å². The average Bonchev–Trinajstić information content (AvgIpc) is 3.16. The van der Waals surface area contributed by atoms with E-state index in [1.54, 1.807) is 18.2 Å². The van der Waals surface area contributed by atoms with E-state index in [1.807, 2.05) is 24.6 Å². The van der Waals surface area contributed by atoms with Crippen molar-refractivity contribution in [3.63, 3.8) is 0 Å². The number of ether oxygens (including phenoxy) is 2. The SMILES string of the molecule is Cc1cc(C)n(CC(C)CNC(=O)C#Cc2ccc3c(c2)OCO3)n1. The lowest BCUT2D eigenvalue weighted by molar-refractivity contribution is -0.115. The highest BCUT2D eigenvalue weighted by atomic mass is 16.7. The van der Waals surface area contributed by atoms with E-state index in [0.29, 0.717) is 18.0 Å². The van der Waals surface area contributed by atoms with E-state index in [0.717, 1.165) is 23.5 Å². The maximum absolute atomic E-state index is 11.9. The highest BCUT2D eigenvalue weighted by Crippen LogP contribution is 2.32. The second-order valence-electron chi connectivity index (χ2n) is 6.24. The Bertz CT molecular complexity index is 845. The van der Waals surface area contributed by atoms with Gasteiger partial charge in [-0.25, -0.2) is 0 Å². The van der Waals surface area contributed by atoms with Crippen LogP contribution in [0.5, 0.6) is 11.5 Å².